The molecular weight excluding hydrogens is 194 g/mol. The Balaban J connectivity index is 2.54. The minimum Gasteiger partial charge on any atom is -0.481 e. The fourth-order valence-electron chi connectivity index (χ4n) is 1.71. The number of hydrogen-bond acceptors (Lipinski definition) is 2. The molecule has 1 aliphatic heterocycles. The number of nitrogens with zero attached hydrogens (tertiary/aromatic N) is 1. The van der Waals surface area contributed by atoms with Crippen molar-refractivity contribution in [2.45, 2.75) is 33.6 Å². The van der Waals surface area contributed by atoms with Crippen LogP contribution in [0.25, 0.3) is 0 Å². The summed E-state index contributed by atoms with van der Waals surface area (Å²) >= 11 is 0. The lowest BCUT2D eigenvalue weighted by molar-refractivity contribution is -0.151. The Labute approximate surface area is 90.3 Å². The van der Waals surface area contributed by atoms with E-state index in [1.54, 1.807) is 4.90 Å². The molecule has 0 bridgehead atoms. The highest BCUT2D eigenvalue weighted by Gasteiger charge is 2.31. The van der Waals surface area contributed by atoms with Gasteiger partial charge in [0.15, 0.2) is 0 Å². The minimum absolute atomic E-state index is 0.252. The number of carboxylic acids is 1. The molecule has 0 saturated carbocycles. The first kappa shape index (κ1) is 12.0. The third-order valence-electron chi connectivity index (χ3n) is 3.17. The van der Waals surface area contributed by atoms with E-state index in [-0.39, 0.29) is 11.3 Å². The van der Waals surface area contributed by atoms with Gasteiger partial charge in [-0.1, -0.05) is 13.8 Å². The molecule has 1 aliphatic rings. The number of likely N-dealkylation sites (tertiary alicyclic amines) is 1. The molecule has 1 fully saturated rings. The van der Waals surface area contributed by atoms with Crippen LogP contribution in [-0.4, -0.2) is 35.0 Å². The Kier molecular flexibility index (Phi) is 3.37. The molecule has 0 aromatic rings. The lowest BCUT2D eigenvalue weighted by Crippen LogP contribution is -2.44. The van der Waals surface area contributed by atoms with Gasteiger partial charge in [0, 0.05) is 13.1 Å². The van der Waals surface area contributed by atoms with Crippen molar-refractivity contribution in [1.29, 1.82) is 0 Å². The fraction of sp³-hybridized carbons (Fsp3) is 0.818. The lowest BCUT2D eigenvalue weighted by atomic mass is 9.82. The molecule has 4 heteroatoms. The minimum atomic E-state index is -1.04. The molecular formula is C11H19NO3. The summed E-state index contributed by atoms with van der Waals surface area (Å²) < 4.78 is 0. The number of aliphatic carboxylic acids is 1. The molecule has 0 aromatic carbocycles. The van der Waals surface area contributed by atoms with Gasteiger partial charge in [-0.2, -0.15) is 0 Å². The van der Waals surface area contributed by atoms with Gasteiger partial charge in [0.25, 0.3) is 0 Å². The van der Waals surface area contributed by atoms with Gasteiger partial charge in [-0.15, -0.1) is 0 Å². The van der Waals surface area contributed by atoms with E-state index < -0.39 is 11.9 Å². The van der Waals surface area contributed by atoms with Gasteiger partial charge in [-0.3, -0.25) is 9.59 Å². The van der Waals surface area contributed by atoms with Gasteiger partial charge in [-0.05, 0) is 25.2 Å². The summed E-state index contributed by atoms with van der Waals surface area (Å²) in [6, 6.07) is 0. The van der Waals surface area contributed by atoms with E-state index in [4.69, 9.17) is 5.11 Å². The van der Waals surface area contributed by atoms with Gasteiger partial charge in [0.1, 0.15) is 5.92 Å². The van der Waals surface area contributed by atoms with Gasteiger partial charge in [0.05, 0.1) is 0 Å². The van der Waals surface area contributed by atoms with Crippen molar-refractivity contribution in [2.24, 2.45) is 11.3 Å². The summed E-state index contributed by atoms with van der Waals surface area (Å²) in [5, 5.41) is 8.74. The Morgan fingerprint density at radius 1 is 1.27 bits per heavy atom. The van der Waals surface area contributed by atoms with Crippen LogP contribution in [-0.2, 0) is 9.59 Å². The number of amides is 1. The van der Waals surface area contributed by atoms with Crippen molar-refractivity contribution >= 4 is 11.9 Å². The Morgan fingerprint density at radius 3 is 2.13 bits per heavy atom. The Bertz CT molecular complexity index is 263. The molecule has 86 valence electrons. The summed E-state index contributed by atoms with van der Waals surface area (Å²) in [5.41, 5.74) is 0.281. The molecule has 0 spiro atoms. The molecule has 1 atom stereocenters. The predicted octanol–water partition coefficient (Wildman–Crippen LogP) is 1.36. The zero-order valence-corrected chi connectivity index (χ0v) is 9.62. The van der Waals surface area contributed by atoms with Crippen molar-refractivity contribution in [2.75, 3.05) is 13.1 Å². The van der Waals surface area contributed by atoms with Gasteiger partial charge in [0.2, 0.25) is 5.91 Å². The SMILES string of the molecule is CC(C(=O)O)C(=O)N1CCC(C)(C)CC1. The molecule has 1 heterocycles. The first-order valence-electron chi connectivity index (χ1n) is 5.35. The topological polar surface area (TPSA) is 57.6 Å². The average Bonchev–Trinajstić information content (AvgIpc) is 2.15. The molecule has 4 nitrogen and oxygen atoms in total. The smallest absolute Gasteiger partial charge is 0.315 e. The Morgan fingerprint density at radius 2 is 1.73 bits per heavy atom. The molecule has 0 aromatic heterocycles. The predicted molar refractivity (Wildman–Crippen MR) is 56.4 cm³/mol. The standard InChI is InChI=1S/C11H19NO3/c1-8(10(14)15)9(13)12-6-4-11(2,3)5-7-12/h8H,4-7H2,1-3H3,(H,14,15). The maximum Gasteiger partial charge on any atom is 0.315 e. The molecule has 0 radical (unpaired) electrons. The van der Waals surface area contributed by atoms with Crippen LogP contribution < -0.4 is 0 Å². The lowest BCUT2D eigenvalue weighted by Gasteiger charge is -2.37. The monoisotopic (exact) mass is 213 g/mol. The molecule has 1 rings (SSSR count). The van der Waals surface area contributed by atoms with Crippen molar-refractivity contribution < 1.29 is 14.7 Å². The highest BCUT2D eigenvalue weighted by atomic mass is 16.4. The largest absolute Gasteiger partial charge is 0.481 e. The number of carboxylic acid groups (broad SMARTS) is 1. The van der Waals surface area contributed by atoms with E-state index in [1.807, 2.05) is 0 Å². The number of piperidine rings is 1. The second-order valence-corrected chi connectivity index (χ2v) is 5.05. The quantitative estimate of drug-likeness (QED) is 0.704. The summed E-state index contributed by atoms with van der Waals surface area (Å²) in [4.78, 5) is 24.0. The number of rotatable bonds is 2. The summed E-state index contributed by atoms with van der Waals surface area (Å²) in [5.74, 6) is -2.20. The molecule has 0 aliphatic carbocycles. The fourth-order valence-corrected chi connectivity index (χ4v) is 1.71. The molecule has 1 unspecified atom stereocenters. The van der Waals surface area contributed by atoms with Gasteiger partial charge in [-0.25, -0.2) is 0 Å². The van der Waals surface area contributed by atoms with Crippen LogP contribution in [0.4, 0.5) is 0 Å². The Hall–Kier alpha value is -1.06. The van der Waals surface area contributed by atoms with Crippen molar-refractivity contribution in [3.05, 3.63) is 0 Å². The average molecular weight is 213 g/mol. The van der Waals surface area contributed by atoms with Crippen LogP contribution in [0.3, 0.4) is 0 Å². The number of hydrogen-bond donors (Lipinski definition) is 1. The highest BCUT2D eigenvalue weighted by molar-refractivity contribution is 5.96. The molecule has 1 amide bonds. The van der Waals surface area contributed by atoms with E-state index in [2.05, 4.69) is 13.8 Å². The molecule has 1 saturated heterocycles. The third kappa shape index (κ3) is 2.94. The third-order valence-corrected chi connectivity index (χ3v) is 3.17. The zero-order valence-electron chi connectivity index (χ0n) is 9.62. The first-order valence-corrected chi connectivity index (χ1v) is 5.35. The summed E-state index contributed by atoms with van der Waals surface area (Å²) in [6.45, 7) is 7.17. The van der Waals surface area contributed by atoms with Crippen LogP contribution in [0.15, 0.2) is 0 Å². The normalized spacial score (nSPS) is 22.2. The van der Waals surface area contributed by atoms with Crippen LogP contribution >= 0.6 is 0 Å². The maximum atomic E-state index is 11.7. The van der Waals surface area contributed by atoms with E-state index in [0.29, 0.717) is 13.1 Å². The van der Waals surface area contributed by atoms with E-state index in [0.717, 1.165) is 12.8 Å². The maximum absolute atomic E-state index is 11.7. The number of carbonyl (C=O) groups excluding carboxylic acids is 1. The summed E-state index contributed by atoms with van der Waals surface area (Å²) in [7, 11) is 0. The summed E-state index contributed by atoms with van der Waals surface area (Å²) in [6.07, 6.45) is 1.90. The van der Waals surface area contributed by atoms with Crippen LogP contribution in [0, 0.1) is 11.3 Å². The van der Waals surface area contributed by atoms with Gasteiger partial charge >= 0.3 is 5.97 Å². The van der Waals surface area contributed by atoms with Crippen molar-refractivity contribution in [3.8, 4) is 0 Å². The van der Waals surface area contributed by atoms with Crippen molar-refractivity contribution in [3.63, 3.8) is 0 Å². The van der Waals surface area contributed by atoms with Gasteiger partial charge < -0.3 is 10.0 Å². The van der Waals surface area contributed by atoms with E-state index in [1.165, 1.54) is 6.92 Å². The second-order valence-electron chi connectivity index (χ2n) is 5.05. The van der Waals surface area contributed by atoms with E-state index >= 15 is 0 Å². The molecule has 1 N–H and O–H groups in total. The van der Waals surface area contributed by atoms with Crippen LogP contribution in [0.2, 0.25) is 0 Å². The number of carbonyl (C=O) groups is 2. The van der Waals surface area contributed by atoms with Crippen LogP contribution in [0.5, 0.6) is 0 Å². The molecule has 15 heavy (non-hydrogen) atoms. The van der Waals surface area contributed by atoms with E-state index in [9.17, 15) is 9.59 Å². The van der Waals surface area contributed by atoms with Crippen LogP contribution in [0.1, 0.15) is 33.6 Å². The zero-order chi connectivity index (χ0) is 11.6. The highest BCUT2D eigenvalue weighted by Crippen LogP contribution is 2.30. The van der Waals surface area contributed by atoms with Crippen molar-refractivity contribution in [1.82, 2.24) is 4.90 Å². The first-order chi connectivity index (χ1) is 6.83. The second kappa shape index (κ2) is 4.21.